The van der Waals surface area contributed by atoms with Crippen molar-refractivity contribution in [2.45, 2.75) is 38.2 Å². The highest BCUT2D eigenvalue weighted by atomic mass is 19.1. The summed E-state index contributed by atoms with van der Waals surface area (Å²) in [5, 5.41) is 25.7. The van der Waals surface area contributed by atoms with Gasteiger partial charge in [0.25, 0.3) is 0 Å². The number of nitriles is 1. The molecule has 0 spiro atoms. The van der Waals surface area contributed by atoms with Gasteiger partial charge in [0.2, 0.25) is 0 Å². The molecule has 2 aromatic heterocycles. The van der Waals surface area contributed by atoms with Gasteiger partial charge in [-0.15, -0.1) is 0 Å². The third-order valence-corrected chi connectivity index (χ3v) is 8.27. The van der Waals surface area contributed by atoms with E-state index < -0.39 is 17.3 Å². The van der Waals surface area contributed by atoms with E-state index >= 15 is 0 Å². The average molecular weight is 509 g/mol. The molecule has 2 heterocycles. The fourth-order valence-electron chi connectivity index (χ4n) is 6.40. The Kier molecular flexibility index (Phi) is 5.73. The molecule has 38 heavy (non-hydrogen) atoms. The minimum Gasteiger partial charge on any atom is -0.387 e. The molecular weight excluding hydrogens is 482 g/mol. The number of benzene rings is 2. The first kappa shape index (κ1) is 24.2. The van der Waals surface area contributed by atoms with E-state index in [2.05, 4.69) is 18.0 Å². The van der Waals surface area contributed by atoms with Gasteiger partial charge >= 0.3 is 0 Å². The van der Waals surface area contributed by atoms with E-state index in [0.29, 0.717) is 11.1 Å². The van der Waals surface area contributed by atoms with Crippen molar-refractivity contribution in [2.24, 2.45) is 11.8 Å². The van der Waals surface area contributed by atoms with Gasteiger partial charge in [-0.05, 0) is 72.7 Å². The number of aliphatic hydroxyl groups is 1. The highest BCUT2D eigenvalue weighted by molar-refractivity contribution is 5.68. The summed E-state index contributed by atoms with van der Waals surface area (Å²) in [6, 6.07) is 17.7. The molecule has 190 valence electrons. The SMILES string of the molecule is C[C@H]1C(O)C(C#N)=C[C@@]2(C)c3c(c(-c4ccc(F)cc4)nn3-c3ccc(-c4cncc(F)c4)cc3)CC[C@H]12. The average Bonchev–Trinajstić information content (AvgIpc) is 3.32. The van der Waals surface area contributed by atoms with Crippen LogP contribution in [0.2, 0.25) is 0 Å². The Morgan fingerprint density at radius 3 is 2.39 bits per heavy atom. The molecule has 2 aromatic carbocycles. The maximum absolute atomic E-state index is 13.7. The van der Waals surface area contributed by atoms with E-state index in [0.717, 1.165) is 46.6 Å². The standard InChI is InChI=1S/C31H26F2N4O/c1-18-27-12-11-26-28(20-3-7-23(32)8-4-20)36-37(30(26)31(27,2)14-22(15-34)29(18)38)25-9-5-19(6-10-25)21-13-24(33)17-35-16-21/h3-10,13-14,16-18,27,29,38H,11-12H2,1-2H3/t18-,27-,29?,31-/m1/s1. The van der Waals surface area contributed by atoms with E-state index in [4.69, 9.17) is 5.10 Å². The summed E-state index contributed by atoms with van der Waals surface area (Å²) in [7, 11) is 0. The van der Waals surface area contributed by atoms with E-state index in [1.807, 2.05) is 41.9 Å². The smallest absolute Gasteiger partial charge is 0.142 e. The predicted octanol–water partition coefficient (Wildman–Crippen LogP) is 6.16. The van der Waals surface area contributed by atoms with Gasteiger partial charge in [-0.25, -0.2) is 13.5 Å². The molecule has 1 unspecified atom stereocenters. The van der Waals surface area contributed by atoms with Gasteiger partial charge in [0, 0.05) is 28.3 Å². The molecule has 6 rings (SSSR count). The van der Waals surface area contributed by atoms with E-state index in [1.165, 1.54) is 24.4 Å². The van der Waals surface area contributed by atoms with Gasteiger partial charge in [0.1, 0.15) is 11.6 Å². The maximum Gasteiger partial charge on any atom is 0.142 e. The number of hydrogen-bond donors (Lipinski definition) is 1. The molecular formula is C31H26F2N4O. The van der Waals surface area contributed by atoms with Crippen molar-refractivity contribution < 1.29 is 13.9 Å². The summed E-state index contributed by atoms with van der Waals surface area (Å²) in [5.41, 5.74) is 5.77. The number of halogens is 2. The second-order valence-electron chi connectivity index (χ2n) is 10.5. The first-order valence-corrected chi connectivity index (χ1v) is 12.7. The summed E-state index contributed by atoms with van der Waals surface area (Å²) < 4.78 is 29.4. The van der Waals surface area contributed by atoms with Crippen LogP contribution < -0.4 is 0 Å². The van der Waals surface area contributed by atoms with Gasteiger partial charge < -0.3 is 5.11 Å². The second kappa shape index (κ2) is 9.00. The Labute approximate surface area is 219 Å². The highest BCUT2D eigenvalue weighted by Gasteiger charge is 2.50. The minimum atomic E-state index is -0.799. The molecule has 0 saturated carbocycles. The topological polar surface area (TPSA) is 74.7 Å². The second-order valence-corrected chi connectivity index (χ2v) is 10.5. The van der Waals surface area contributed by atoms with Crippen LogP contribution in [0, 0.1) is 34.8 Å². The molecule has 0 aliphatic heterocycles. The zero-order chi connectivity index (χ0) is 26.6. The van der Waals surface area contributed by atoms with Gasteiger partial charge in [-0.3, -0.25) is 4.98 Å². The third kappa shape index (κ3) is 3.75. The summed E-state index contributed by atoms with van der Waals surface area (Å²) in [6.07, 6.45) is 5.50. The Morgan fingerprint density at radius 2 is 1.71 bits per heavy atom. The number of allylic oxidation sites excluding steroid dienone is 1. The first-order valence-electron chi connectivity index (χ1n) is 12.7. The lowest BCUT2D eigenvalue weighted by atomic mass is 9.57. The largest absolute Gasteiger partial charge is 0.387 e. The Morgan fingerprint density at radius 1 is 1.00 bits per heavy atom. The maximum atomic E-state index is 13.7. The molecule has 4 atom stereocenters. The highest BCUT2D eigenvalue weighted by Crippen LogP contribution is 2.53. The third-order valence-electron chi connectivity index (χ3n) is 8.27. The fraction of sp³-hybridized carbons (Fsp3) is 0.258. The monoisotopic (exact) mass is 508 g/mol. The van der Waals surface area contributed by atoms with Crippen LogP contribution in [-0.2, 0) is 11.8 Å². The van der Waals surface area contributed by atoms with E-state index in [9.17, 15) is 19.1 Å². The van der Waals surface area contributed by atoms with Crippen molar-refractivity contribution in [3.8, 4) is 34.1 Å². The molecule has 7 heteroatoms. The Bertz CT molecular complexity index is 1600. The van der Waals surface area contributed by atoms with Crippen LogP contribution in [0.15, 0.2) is 78.6 Å². The molecule has 0 fully saturated rings. The first-order chi connectivity index (χ1) is 18.3. The van der Waals surface area contributed by atoms with Gasteiger partial charge in [-0.1, -0.05) is 32.1 Å². The molecule has 0 bridgehead atoms. The lowest BCUT2D eigenvalue weighted by molar-refractivity contribution is 0.0664. The van der Waals surface area contributed by atoms with Crippen LogP contribution in [0.25, 0.3) is 28.1 Å². The zero-order valence-corrected chi connectivity index (χ0v) is 21.1. The minimum absolute atomic E-state index is 0.103. The molecule has 2 aliphatic rings. The van der Waals surface area contributed by atoms with E-state index in [1.54, 1.807) is 18.3 Å². The Hall–Kier alpha value is -4.15. The normalized spacial score (nSPS) is 24.2. The number of rotatable bonds is 3. The summed E-state index contributed by atoms with van der Waals surface area (Å²) in [5.74, 6) is -0.706. The van der Waals surface area contributed by atoms with Crippen LogP contribution in [0.1, 0.15) is 31.5 Å². The van der Waals surface area contributed by atoms with Gasteiger partial charge in [0.05, 0.1) is 41.0 Å². The van der Waals surface area contributed by atoms with Crippen molar-refractivity contribution in [1.29, 1.82) is 5.26 Å². The van der Waals surface area contributed by atoms with Crippen LogP contribution in [0.4, 0.5) is 8.78 Å². The molecule has 0 amide bonds. The molecule has 0 saturated heterocycles. The number of hydrogen-bond acceptors (Lipinski definition) is 4. The molecule has 5 nitrogen and oxygen atoms in total. The number of aliphatic hydroxyl groups excluding tert-OH is 1. The van der Waals surface area contributed by atoms with Crippen LogP contribution in [0.3, 0.4) is 0 Å². The fourth-order valence-corrected chi connectivity index (χ4v) is 6.40. The molecule has 0 radical (unpaired) electrons. The number of aromatic nitrogens is 3. The van der Waals surface area contributed by atoms with Crippen molar-refractivity contribution in [2.75, 3.05) is 0 Å². The lowest BCUT2D eigenvalue weighted by Crippen LogP contribution is -2.47. The van der Waals surface area contributed by atoms with Crippen LogP contribution in [-0.4, -0.2) is 26.0 Å². The molecule has 4 aromatic rings. The lowest BCUT2D eigenvalue weighted by Gasteiger charge is -2.47. The summed E-state index contributed by atoms with van der Waals surface area (Å²) in [4.78, 5) is 3.95. The van der Waals surface area contributed by atoms with Crippen molar-refractivity contribution in [3.05, 3.63) is 102 Å². The summed E-state index contributed by atoms with van der Waals surface area (Å²) >= 11 is 0. The predicted molar refractivity (Wildman–Crippen MR) is 140 cm³/mol. The van der Waals surface area contributed by atoms with E-state index in [-0.39, 0.29) is 17.7 Å². The van der Waals surface area contributed by atoms with Crippen LogP contribution >= 0.6 is 0 Å². The number of pyridine rings is 1. The van der Waals surface area contributed by atoms with Crippen molar-refractivity contribution >= 4 is 0 Å². The quantitative estimate of drug-likeness (QED) is 0.360. The Balaban J connectivity index is 1.56. The van der Waals surface area contributed by atoms with Crippen LogP contribution in [0.5, 0.6) is 0 Å². The summed E-state index contributed by atoms with van der Waals surface area (Å²) in [6.45, 7) is 4.13. The van der Waals surface area contributed by atoms with Gasteiger partial charge in [-0.2, -0.15) is 10.4 Å². The number of fused-ring (bicyclic) bond motifs is 3. The number of nitrogens with zero attached hydrogens (tertiary/aromatic N) is 4. The van der Waals surface area contributed by atoms with Crippen molar-refractivity contribution in [3.63, 3.8) is 0 Å². The molecule has 2 aliphatic carbocycles. The zero-order valence-electron chi connectivity index (χ0n) is 21.1. The van der Waals surface area contributed by atoms with Gasteiger partial charge in [0.15, 0.2) is 0 Å². The van der Waals surface area contributed by atoms with Crippen molar-refractivity contribution in [1.82, 2.24) is 14.8 Å². The molecule has 1 N–H and O–H groups in total.